The molecule has 1 amide bonds. The quantitative estimate of drug-likeness (QED) is 0.548. The number of aryl methyl sites for hydroxylation is 1. The van der Waals surface area contributed by atoms with E-state index in [1.807, 2.05) is 24.3 Å². The number of fused-ring (bicyclic) bond motifs is 1. The van der Waals surface area contributed by atoms with Gasteiger partial charge in [0, 0.05) is 18.0 Å². The lowest BCUT2D eigenvalue weighted by molar-refractivity contribution is -0.119. The maximum absolute atomic E-state index is 12.2. The van der Waals surface area contributed by atoms with Crippen molar-refractivity contribution in [2.45, 2.75) is 12.8 Å². The molecule has 0 unspecified atom stereocenters. The zero-order chi connectivity index (χ0) is 20.1. The van der Waals surface area contributed by atoms with E-state index < -0.39 is 10.0 Å². The summed E-state index contributed by atoms with van der Waals surface area (Å²) in [6.45, 7) is 0.118. The maximum atomic E-state index is 12.2. The molecule has 2 N–H and O–H groups in total. The summed E-state index contributed by atoms with van der Waals surface area (Å²) in [5.74, 6) is 0.474. The highest BCUT2D eigenvalue weighted by molar-refractivity contribution is 7.92. The average molecular weight is 421 g/mol. The first-order chi connectivity index (χ1) is 13.3. The van der Waals surface area contributed by atoms with Crippen LogP contribution in [0.4, 0.5) is 5.69 Å². The molecule has 0 fully saturated rings. The van der Waals surface area contributed by atoms with Gasteiger partial charge in [-0.15, -0.1) is 0 Å². The Kier molecular flexibility index (Phi) is 6.21. The minimum absolute atomic E-state index is 0.302. The molecule has 1 aromatic heterocycles. The second-order valence-corrected chi connectivity index (χ2v) is 8.75. The number of sulfonamides is 1. The topological polar surface area (TPSA) is 95.2 Å². The molecule has 28 heavy (non-hydrogen) atoms. The smallest absolute Gasteiger partial charge is 0.240 e. The highest BCUT2D eigenvalue weighted by Gasteiger charge is 2.20. The van der Waals surface area contributed by atoms with Gasteiger partial charge in [-0.25, -0.2) is 13.4 Å². The van der Waals surface area contributed by atoms with Crippen LogP contribution < -0.4 is 9.62 Å². The molecular weight excluding hydrogens is 400 g/mol. The Morgan fingerprint density at radius 3 is 2.71 bits per heavy atom. The molecule has 0 bridgehead atoms. The lowest BCUT2D eigenvalue weighted by atomic mass is 10.3. The van der Waals surface area contributed by atoms with Crippen LogP contribution in [0.2, 0.25) is 5.02 Å². The molecular formula is C19H21ClN4O3S. The molecule has 3 aromatic rings. The van der Waals surface area contributed by atoms with Gasteiger partial charge in [0.1, 0.15) is 12.4 Å². The zero-order valence-electron chi connectivity index (χ0n) is 15.4. The lowest BCUT2D eigenvalue weighted by Gasteiger charge is -2.22. The number of hydrogen-bond acceptors (Lipinski definition) is 4. The predicted molar refractivity (Wildman–Crippen MR) is 111 cm³/mol. The van der Waals surface area contributed by atoms with E-state index in [2.05, 4.69) is 15.3 Å². The van der Waals surface area contributed by atoms with Gasteiger partial charge in [0.2, 0.25) is 15.9 Å². The minimum atomic E-state index is -3.62. The fraction of sp³-hybridized carbons (Fsp3) is 0.263. The van der Waals surface area contributed by atoms with Crippen LogP contribution in [0.1, 0.15) is 12.2 Å². The summed E-state index contributed by atoms with van der Waals surface area (Å²) in [6.07, 6.45) is 2.42. The van der Waals surface area contributed by atoms with Crippen molar-refractivity contribution in [3.63, 3.8) is 0 Å². The summed E-state index contributed by atoms with van der Waals surface area (Å²) >= 11 is 5.93. The third-order valence-electron chi connectivity index (χ3n) is 4.13. The van der Waals surface area contributed by atoms with Gasteiger partial charge in [-0.2, -0.15) is 0 Å². The maximum Gasteiger partial charge on any atom is 0.240 e. The van der Waals surface area contributed by atoms with Crippen molar-refractivity contribution in [3.8, 4) is 0 Å². The first-order valence-corrected chi connectivity index (χ1v) is 11.0. The summed E-state index contributed by atoms with van der Waals surface area (Å²) in [6, 6.07) is 14.2. The van der Waals surface area contributed by atoms with Crippen molar-refractivity contribution in [1.29, 1.82) is 0 Å². The summed E-state index contributed by atoms with van der Waals surface area (Å²) in [5, 5.41) is 3.15. The minimum Gasteiger partial charge on any atom is -0.355 e. The van der Waals surface area contributed by atoms with Crippen molar-refractivity contribution >= 4 is 44.3 Å². The molecule has 0 saturated heterocycles. The molecule has 0 spiro atoms. The fourth-order valence-corrected chi connectivity index (χ4v) is 3.86. The molecule has 0 aliphatic heterocycles. The number of aromatic amines is 1. The molecule has 2 aromatic carbocycles. The molecule has 0 aliphatic carbocycles. The number of H-pyrrole nitrogens is 1. The predicted octanol–water partition coefficient (Wildman–Crippen LogP) is 2.73. The van der Waals surface area contributed by atoms with Crippen LogP contribution in [0.3, 0.4) is 0 Å². The Bertz CT molecular complexity index is 1050. The number of hydrogen-bond donors (Lipinski definition) is 2. The Morgan fingerprint density at radius 1 is 1.21 bits per heavy atom. The van der Waals surface area contributed by atoms with Crippen LogP contribution in [0.25, 0.3) is 11.0 Å². The van der Waals surface area contributed by atoms with E-state index >= 15 is 0 Å². The van der Waals surface area contributed by atoms with Crippen molar-refractivity contribution in [2.75, 3.05) is 23.7 Å². The third kappa shape index (κ3) is 5.24. The number of halogens is 1. The Hall–Kier alpha value is -2.58. The van der Waals surface area contributed by atoms with Gasteiger partial charge in [0.25, 0.3) is 0 Å². The number of rotatable bonds is 8. The lowest BCUT2D eigenvalue weighted by Crippen LogP contribution is -2.40. The second kappa shape index (κ2) is 8.62. The van der Waals surface area contributed by atoms with Crippen molar-refractivity contribution < 1.29 is 13.2 Å². The van der Waals surface area contributed by atoms with E-state index in [1.165, 1.54) is 6.07 Å². The SMILES string of the molecule is CS(=O)(=O)N(CC(=O)NCCCc1nc2ccccc2[nH]1)c1cccc(Cl)c1. The summed E-state index contributed by atoms with van der Waals surface area (Å²) in [7, 11) is -3.62. The molecule has 9 heteroatoms. The van der Waals surface area contributed by atoms with Gasteiger partial charge in [0.15, 0.2) is 0 Å². The highest BCUT2D eigenvalue weighted by Crippen LogP contribution is 2.21. The average Bonchev–Trinajstić information content (AvgIpc) is 3.05. The third-order valence-corrected chi connectivity index (χ3v) is 5.51. The van der Waals surface area contributed by atoms with E-state index in [4.69, 9.17) is 11.6 Å². The molecule has 0 atom stereocenters. The summed E-state index contributed by atoms with van der Waals surface area (Å²) in [4.78, 5) is 20.0. The highest BCUT2D eigenvalue weighted by atomic mass is 35.5. The molecule has 0 aliphatic rings. The van der Waals surface area contributed by atoms with E-state index in [0.717, 1.165) is 27.4 Å². The number of amides is 1. The Labute approximate surface area is 168 Å². The molecule has 1 heterocycles. The molecule has 148 valence electrons. The first kappa shape index (κ1) is 20.2. The Balaban J connectivity index is 1.53. The van der Waals surface area contributed by atoms with Crippen LogP contribution in [-0.2, 0) is 21.2 Å². The second-order valence-electron chi connectivity index (χ2n) is 6.40. The van der Waals surface area contributed by atoms with Crippen LogP contribution in [-0.4, -0.2) is 43.6 Å². The number of benzene rings is 2. The summed E-state index contributed by atoms with van der Waals surface area (Å²) in [5.41, 5.74) is 2.24. The molecule has 3 rings (SSSR count). The number of aromatic nitrogens is 2. The van der Waals surface area contributed by atoms with E-state index in [-0.39, 0.29) is 12.5 Å². The Morgan fingerprint density at radius 2 is 2.00 bits per heavy atom. The number of nitrogens with one attached hydrogen (secondary N) is 2. The molecule has 0 saturated carbocycles. The van der Waals surface area contributed by atoms with E-state index in [1.54, 1.807) is 18.2 Å². The van der Waals surface area contributed by atoms with Crippen molar-refractivity contribution in [2.24, 2.45) is 0 Å². The number of carbonyl (C=O) groups is 1. The number of anilines is 1. The van der Waals surface area contributed by atoms with Gasteiger partial charge in [-0.1, -0.05) is 29.8 Å². The van der Waals surface area contributed by atoms with Gasteiger partial charge in [-0.05, 0) is 36.8 Å². The van der Waals surface area contributed by atoms with Gasteiger partial charge < -0.3 is 10.3 Å². The monoisotopic (exact) mass is 420 g/mol. The van der Waals surface area contributed by atoms with Gasteiger partial charge in [0.05, 0.1) is 23.0 Å². The zero-order valence-corrected chi connectivity index (χ0v) is 16.9. The largest absolute Gasteiger partial charge is 0.355 e. The fourth-order valence-electron chi connectivity index (χ4n) is 2.83. The molecule has 7 nitrogen and oxygen atoms in total. The number of carbonyl (C=O) groups excluding carboxylic acids is 1. The van der Waals surface area contributed by atoms with E-state index in [0.29, 0.717) is 30.1 Å². The van der Waals surface area contributed by atoms with Crippen LogP contribution in [0.15, 0.2) is 48.5 Å². The normalized spacial score (nSPS) is 11.5. The van der Waals surface area contributed by atoms with E-state index in [9.17, 15) is 13.2 Å². The number of nitrogens with zero attached hydrogens (tertiary/aromatic N) is 2. The van der Waals surface area contributed by atoms with Crippen LogP contribution in [0.5, 0.6) is 0 Å². The van der Waals surface area contributed by atoms with Crippen molar-refractivity contribution in [1.82, 2.24) is 15.3 Å². The van der Waals surface area contributed by atoms with Crippen LogP contribution in [0, 0.1) is 0 Å². The van der Waals surface area contributed by atoms with Gasteiger partial charge >= 0.3 is 0 Å². The standard InChI is InChI=1S/C19H21ClN4O3S/c1-28(26,27)24(15-7-4-6-14(20)12-15)13-19(25)21-11-5-10-18-22-16-8-2-3-9-17(16)23-18/h2-4,6-9,12H,5,10-11,13H2,1H3,(H,21,25)(H,22,23). The number of imidazole rings is 1. The van der Waals surface area contributed by atoms with Gasteiger partial charge in [-0.3, -0.25) is 9.10 Å². The number of para-hydroxylation sites is 2. The van der Waals surface area contributed by atoms with Crippen molar-refractivity contribution in [3.05, 3.63) is 59.4 Å². The molecule has 0 radical (unpaired) electrons. The van der Waals surface area contributed by atoms with Crippen LogP contribution >= 0.6 is 11.6 Å². The first-order valence-electron chi connectivity index (χ1n) is 8.76. The summed E-state index contributed by atoms with van der Waals surface area (Å²) < 4.78 is 25.2.